The molecule has 1 aromatic carbocycles. The zero-order valence-electron chi connectivity index (χ0n) is 8.83. The Morgan fingerprint density at radius 1 is 1.14 bits per heavy atom. The molecule has 0 amide bonds. The predicted octanol–water partition coefficient (Wildman–Crippen LogP) is 3.98. The molecule has 1 rings (SSSR count). The van der Waals surface area contributed by atoms with E-state index in [4.69, 9.17) is 0 Å². The molecule has 0 saturated heterocycles. The van der Waals surface area contributed by atoms with Crippen LogP contribution in [0.4, 0.5) is 5.69 Å². The fourth-order valence-electron chi connectivity index (χ4n) is 1.22. The van der Waals surface area contributed by atoms with Crippen LogP contribution in [0.1, 0.15) is 26.2 Å². The van der Waals surface area contributed by atoms with Gasteiger partial charge >= 0.3 is 0 Å². The van der Waals surface area contributed by atoms with Crippen molar-refractivity contribution >= 4 is 17.4 Å². The Morgan fingerprint density at radius 2 is 1.93 bits per heavy atom. The second-order valence-corrected chi connectivity index (χ2v) is 4.41. The predicted molar refractivity (Wildman–Crippen MR) is 66.9 cm³/mol. The van der Waals surface area contributed by atoms with Crippen LogP contribution in [-0.2, 0) is 0 Å². The van der Waals surface area contributed by atoms with Crippen LogP contribution in [0.25, 0.3) is 0 Å². The van der Waals surface area contributed by atoms with Gasteiger partial charge in [0.05, 0.1) is 5.88 Å². The van der Waals surface area contributed by atoms with Gasteiger partial charge in [-0.1, -0.05) is 38.0 Å². The van der Waals surface area contributed by atoms with E-state index in [9.17, 15) is 0 Å². The first-order chi connectivity index (χ1) is 6.93. The average molecular weight is 209 g/mol. The average Bonchev–Trinajstić information content (AvgIpc) is 2.25. The lowest BCUT2D eigenvalue weighted by atomic mass is 10.3. The van der Waals surface area contributed by atoms with Gasteiger partial charge in [-0.25, -0.2) is 0 Å². The van der Waals surface area contributed by atoms with E-state index < -0.39 is 0 Å². The molecule has 0 saturated carbocycles. The third-order valence-corrected chi connectivity index (χ3v) is 2.97. The summed E-state index contributed by atoms with van der Waals surface area (Å²) >= 11 is 1.98. The summed E-state index contributed by atoms with van der Waals surface area (Å²) in [6, 6.07) is 10.4. The maximum absolute atomic E-state index is 3.38. The number of rotatable bonds is 7. The summed E-state index contributed by atoms with van der Waals surface area (Å²) in [6.07, 6.45) is 4.02. The second kappa shape index (κ2) is 7.74. The summed E-state index contributed by atoms with van der Waals surface area (Å²) in [5.41, 5.74) is 1.22. The van der Waals surface area contributed by atoms with E-state index in [0.29, 0.717) is 0 Å². The molecule has 14 heavy (non-hydrogen) atoms. The van der Waals surface area contributed by atoms with Gasteiger partial charge in [0.1, 0.15) is 0 Å². The summed E-state index contributed by atoms with van der Waals surface area (Å²) in [4.78, 5) is 0. The van der Waals surface area contributed by atoms with E-state index in [1.165, 1.54) is 30.7 Å². The molecule has 1 N–H and O–H groups in total. The highest BCUT2D eigenvalue weighted by Gasteiger charge is 1.90. The smallest absolute Gasteiger partial charge is 0.0610 e. The number of anilines is 1. The number of unbranched alkanes of at least 4 members (excludes halogenated alkanes) is 2. The molecule has 0 aliphatic heterocycles. The van der Waals surface area contributed by atoms with Crippen LogP contribution in [0.3, 0.4) is 0 Å². The van der Waals surface area contributed by atoms with Gasteiger partial charge in [-0.05, 0) is 24.3 Å². The van der Waals surface area contributed by atoms with E-state index >= 15 is 0 Å². The lowest BCUT2D eigenvalue weighted by Crippen LogP contribution is -1.97. The van der Waals surface area contributed by atoms with Gasteiger partial charge < -0.3 is 5.32 Å². The van der Waals surface area contributed by atoms with Crippen LogP contribution in [0, 0.1) is 0 Å². The molecule has 0 atom stereocenters. The summed E-state index contributed by atoms with van der Waals surface area (Å²) in [7, 11) is 0. The van der Waals surface area contributed by atoms with Crippen molar-refractivity contribution in [3.05, 3.63) is 30.3 Å². The fourth-order valence-corrected chi connectivity index (χ4v) is 2.04. The van der Waals surface area contributed by atoms with Gasteiger partial charge in [0, 0.05) is 5.69 Å². The van der Waals surface area contributed by atoms with E-state index in [0.717, 1.165) is 5.88 Å². The molecule has 0 spiro atoms. The molecule has 2 heteroatoms. The summed E-state index contributed by atoms with van der Waals surface area (Å²) in [6.45, 7) is 2.24. The number of hydrogen-bond donors (Lipinski definition) is 1. The van der Waals surface area contributed by atoms with Gasteiger partial charge in [-0.15, -0.1) is 11.8 Å². The first-order valence-corrected chi connectivity index (χ1v) is 6.45. The third kappa shape index (κ3) is 5.18. The van der Waals surface area contributed by atoms with Crippen molar-refractivity contribution in [3.8, 4) is 0 Å². The lowest BCUT2D eigenvalue weighted by molar-refractivity contribution is 0.779. The topological polar surface area (TPSA) is 12.0 Å². The number of benzene rings is 1. The van der Waals surface area contributed by atoms with Crippen molar-refractivity contribution in [1.29, 1.82) is 0 Å². The van der Waals surface area contributed by atoms with Gasteiger partial charge in [0.25, 0.3) is 0 Å². The van der Waals surface area contributed by atoms with E-state index in [-0.39, 0.29) is 0 Å². The molecule has 0 aliphatic rings. The van der Waals surface area contributed by atoms with Crippen molar-refractivity contribution in [1.82, 2.24) is 0 Å². The molecular formula is C12H19NS. The molecule has 78 valence electrons. The highest BCUT2D eigenvalue weighted by atomic mass is 32.2. The van der Waals surface area contributed by atoms with E-state index in [1.807, 2.05) is 17.8 Å². The van der Waals surface area contributed by atoms with Crippen LogP contribution in [0.2, 0.25) is 0 Å². The molecule has 0 fully saturated rings. The Kier molecular flexibility index (Phi) is 6.33. The number of para-hydroxylation sites is 1. The number of hydrogen-bond acceptors (Lipinski definition) is 2. The largest absolute Gasteiger partial charge is 0.376 e. The van der Waals surface area contributed by atoms with Crippen molar-refractivity contribution in [2.75, 3.05) is 16.9 Å². The minimum Gasteiger partial charge on any atom is -0.376 e. The monoisotopic (exact) mass is 209 g/mol. The first kappa shape index (κ1) is 11.4. The highest BCUT2D eigenvalue weighted by molar-refractivity contribution is 7.99. The Balaban J connectivity index is 1.99. The Hall–Kier alpha value is -0.630. The van der Waals surface area contributed by atoms with Gasteiger partial charge in [-0.2, -0.15) is 0 Å². The van der Waals surface area contributed by atoms with Crippen molar-refractivity contribution in [2.24, 2.45) is 0 Å². The van der Waals surface area contributed by atoms with Crippen molar-refractivity contribution < 1.29 is 0 Å². The molecule has 1 nitrogen and oxygen atoms in total. The molecule has 0 radical (unpaired) electrons. The molecule has 1 aromatic rings. The van der Waals surface area contributed by atoms with Gasteiger partial charge in [0.15, 0.2) is 0 Å². The zero-order valence-corrected chi connectivity index (χ0v) is 9.65. The number of nitrogens with one attached hydrogen (secondary N) is 1. The zero-order chi connectivity index (χ0) is 10.1. The second-order valence-electron chi connectivity index (χ2n) is 3.30. The summed E-state index contributed by atoms with van der Waals surface area (Å²) in [5.74, 6) is 2.29. The fraction of sp³-hybridized carbons (Fsp3) is 0.500. The van der Waals surface area contributed by atoms with E-state index in [2.05, 4.69) is 36.5 Å². The van der Waals surface area contributed by atoms with Crippen LogP contribution >= 0.6 is 11.8 Å². The molecular weight excluding hydrogens is 190 g/mol. The minimum atomic E-state index is 1.02. The van der Waals surface area contributed by atoms with Gasteiger partial charge in [0.2, 0.25) is 0 Å². The van der Waals surface area contributed by atoms with Crippen LogP contribution in [-0.4, -0.2) is 11.6 Å². The van der Waals surface area contributed by atoms with Gasteiger partial charge in [-0.3, -0.25) is 0 Å². The molecule has 0 aromatic heterocycles. The SMILES string of the molecule is CCCCCSCNc1ccccc1. The van der Waals surface area contributed by atoms with Crippen LogP contribution in [0.15, 0.2) is 30.3 Å². The van der Waals surface area contributed by atoms with Crippen molar-refractivity contribution in [3.63, 3.8) is 0 Å². The van der Waals surface area contributed by atoms with Crippen LogP contribution < -0.4 is 5.32 Å². The Labute approximate surface area is 91.3 Å². The van der Waals surface area contributed by atoms with Crippen LogP contribution in [0.5, 0.6) is 0 Å². The minimum absolute atomic E-state index is 1.02. The molecule has 0 heterocycles. The first-order valence-electron chi connectivity index (χ1n) is 5.30. The quantitative estimate of drug-likeness (QED) is 0.538. The molecule has 0 aliphatic carbocycles. The molecule has 0 unspecified atom stereocenters. The maximum Gasteiger partial charge on any atom is 0.0610 e. The van der Waals surface area contributed by atoms with E-state index in [1.54, 1.807) is 0 Å². The number of thioether (sulfide) groups is 1. The van der Waals surface area contributed by atoms with Crippen molar-refractivity contribution in [2.45, 2.75) is 26.2 Å². The lowest BCUT2D eigenvalue weighted by Gasteiger charge is -2.05. The third-order valence-electron chi connectivity index (χ3n) is 2.04. The summed E-state index contributed by atoms with van der Waals surface area (Å²) < 4.78 is 0. The highest BCUT2D eigenvalue weighted by Crippen LogP contribution is 2.09. The maximum atomic E-state index is 3.38. The normalized spacial score (nSPS) is 10.1. The Morgan fingerprint density at radius 3 is 2.64 bits per heavy atom. The summed E-state index contributed by atoms with van der Waals surface area (Å²) in [5, 5.41) is 3.38. The standard InChI is InChI=1S/C12H19NS/c1-2-3-7-10-14-11-13-12-8-5-4-6-9-12/h4-6,8-9,13H,2-3,7,10-11H2,1H3. The Bertz CT molecular complexity index is 223. The molecule has 0 bridgehead atoms.